The zero-order valence-electron chi connectivity index (χ0n) is 8.44. The molecule has 0 aliphatic carbocycles. The molecule has 0 radical (unpaired) electrons. The summed E-state index contributed by atoms with van der Waals surface area (Å²) in [6.45, 7) is 6.19. The first kappa shape index (κ1) is 11.0. The Labute approximate surface area is 87.6 Å². The number of hydrogen-bond donors (Lipinski definition) is 1. The first-order valence-corrected chi connectivity index (χ1v) is 5.09. The van der Waals surface area contributed by atoms with Crippen molar-refractivity contribution in [1.29, 1.82) is 0 Å². The molecule has 76 valence electrons. The Morgan fingerprint density at radius 1 is 1.43 bits per heavy atom. The normalized spacial score (nSPS) is 11.4. The van der Waals surface area contributed by atoms with E-state index in [1.54, 1.807) is 17.8 Å². The summed E-state index contributed by atoms with van der Waals surface area (Å²) >= 11 is 1.56. The average Bonchev–Trinajstić information content (AvgIpc) is 2.01. The molecule has 0 aliphatic rings. The van der Waals surface area contributed by atoms with Crippen LogP contribution in [0.3, 0.4) is 0 Å². The number of hydrogen-bond acceptors (Lipinski definition) is 3. The van der Waals surface area contributed by atoms with Gasteiger partial charge in [-0.1, -0.05) is 26.8 Å². The molecule has 0 amide bonds. The molecule has 1 heterocycles. The average molecular weight is 211 g/mol. The second kappa shape index (κ2) is 4.00. The van der Waals surface area contributed by atoms with Crippen LogP contribution >= 0.6 is 11.8 Å². The van der Waals surface area contributed by atoms with E-state index in [1.807, 2.05) is 6.07 Å². The van der Waals surface area contributed by atoms with Gasteiger partial charge in [0, 0.05) is 4.75 Å². The van der Waals surface area contributed by atoms with E-state index in [9.17, 15) is 4.79 Å². The highest BCUT2D eigenvalue weighted by molar-refractivity contribution is 8.00. The standard InChI is InChI=1S/C10H13NO2S/c1-10(2,3)14-8-6-4-5-7(11-8)9(12)13/h4-6H,1-3H3,(H,12,13). The number of aromatic nitrogens is 1. The third-order valence-electron chi connectivity index (χ3n) is 1.35. The summed E-state index contributed by atoms with van der Waals surface area (Å²) in [7, 11) is 0. The summed E-state index contributed by atoms with van der Waals surface area (Å²) < 4.78 is 0.0458. The number of pyridine rings is 1. The number of carbonyl (C=O) groups is 1. The third kappa shape index (κ3) is 3.38. The second-order valence-electron chi connectivity index (χ2n) is 3.88. The summed E-state index contributed by atoms with van der Waals surface area (Å²) in [6, 6.07) is 5.03. The van der Waals surface area contributed by atoms with Crippen LogP contribution < -0.4 is 0 Å². The SMILES string of the molecule is CC(C)(C)Sc1cccc(C(=O)O)n1. The molecule has 0 saturated heterocycles. The maximum atomic E-state index is 10.6. The van der Waals surface area contributed by atoms with Crippen molar-refractivity contribution in [3.05, 3.63) is 23.9 Å². The number of aromatic carboxylic acids is 1. The number of thioether (sulfide) groups is 1. The van der Waals surface area contributed by atoms with Crippen LogP contribution in [0, 0.1) is 0 Å². The number of carboxylic acid groups (broad SMARTS) is 1. The Morgan fingerprint density at radius 2 is 2.07 bits per heavy atom. The van der Waals surface area contributed by atoms with Crippen LogP contribution in [0.25, 0.3) is 0 Å². The zero-order chi connectivity index (χ0) is 10.8. The third-order valence-corrected chi connectivity index (χ3v) is 2.40. The molecular weight excluding hydrogens is 198 g/mol. The van der Waals surface area contributed by atoms with Gasteiger partial charge in [0.1, 0.15) is 5.69 Å². The lowest BCUT2D eigenvalue weighted by atomic mass is 10.3. The van der Waals surface area contributed by atoms with Gasteiger partial charge in [-0.3, -0.25) is 0 Å². The lowest BCUT2D eigenvalue weighted by molar-refractivity contribution is 0.0689. The fourth-order valence-corrected chi connectivity index (χ4v) is 1.82. The minimum Gasteiger partial charge on any atom is -0.477 e. The minimum absolute atomic E-state index is 0.0458. The molecule has 14 heavy (non-hydrogen) atoms. The van der Waals surface area contributed by atoms with Crippen molar-refractivity contribution in [3.8, 4) is 0 Å². The summed E-state index contributed by atoms with van der Waals surface area (Å²) in [6.07, 6.45) is 0. The van der Waals surface area contributed by atoms with Gasteiger partial charge in [0.15, 0.2) is 0 Å². The summed E-state index contributed by atoms with van der Waals surface area (Å²) in [5, 5.41) is 9.48. The molecule has 1 aromatic heterocycles. The zero-order valence-corrected chi connectivity index (χ0v) is 9.26. The Morgan fingerprint density at radius 3 is 2.57 bits per heavy atom. The quantitative estimate of drug-likeness (QED) is 0.764. The van der Waals surface area contributed by atoms with E-state index in [-0.39, 0.29) is 10.4 Å². The molecule has 0 aliphatic heterocycles. The molecule has 0 atom stereocenters. The first-order valence-electron chi connectivity index (χ1n) is 4.28. The van der Waals surface area contributed by atoms with Crippen molar-refractivity contribution in [2.24, 2.45) is 0 Å². The Hall–Kier alpha value is -1.03. The monoisotopic (exact) mass is 211 g/mol. The molecule has 1 aromatic rings. The molecule has 0 aromatic carbocycles. The topological polar surface area (TPSA) is 50.2 Å². The molecule has 0 bridgehead atoms. The number of nitrogens with zero attached hydrogens (tertiary/aromatic N) is 1. The molecule has 1 N–H and O–H groups in total. The lowest BCUT2D eigenvalue weighted by Gasteiger charge is -2.16. The van der Waals surface area contributed by atoms with Crippen LogP contribution in [0.1, 0.15) is 31.3 Å². The van der Waals surface area contributed by atoms with Crippen LogP contribution in [0.2, 0.25) is 0 Å². The molecule has 3 nitrogen and oxygen atoms in total. The molecule has 4 heteroatoms. The van der Waals surface area contributed by atoms with Gasteiger partial charge in [-0.05, 0) is 12.1 Å². The van der Waals surface area contributed by atoms with Crippen LogP contribution in [0.15, 0.2) is 23.2 Å². The van der Waals surface area contributed by atoms with Crippen LogP contribution in [0.4, 0.5) is 0 Å². The molecule has 0 unspecified atom stereocenters. The minimum atomic E-state index is -0.985. The van der Waals surface area contributed by atoms with E-state index in [4.69, 9.17) is 5.11 Å². The van der Waals surface area contributed by atoms with Gasteiger partial charge < -0.3 is 5.11 Å². The smallest absolute Gasteiger partial charge is 0.354 e. The summed E-state index contributed by atoms with van der Waals surface area (Å²) in [5.74, 6) is -0.985. The van der Waals surface area contributed by atoms with Gasteiger partial charge in [0.2, 0.25) is 0 Å². The predicted octanol–water partition coefficient (Wildman–Crippen LogP) is 2.67. The van der Waals surface area contributed by atoms with Crippen molar-refractivity contribution in [2.75, 3.05) is 0 Å². The van der Waals surface area contributed by atoms with Crippen molar-refractivity contribution >= 4 is 17.7 Å². The molecule has 1 rings (SSSR count). The van der Waals surface area contributed by atoms with E-state index >= 15 is 0 Å². The molecule has 0 fully saturated rings. The maximum absolute atomic E-state index is 10.6. The molecule has 0 saturated carbocycles. The van der Waals surface area contributed by atoms with E-state index < -0.39 is 5.97 Å². The van der Waals surface area contributed by atoms with E-state index in [1.165, 1.54) is 6.07 Å². The Kier molecular flexibility index (Phi) is 3.16. The van der Waals surface area contributed by atoms with Crippen molar-refractivity contribution in [3.63, 3.8) is 0 Å². The van der Waals surface area contributed by atoms with Crippen LogP contribution in [0.5, 0.6) is 0 Å². The maximum Gasteiger partial charge on any atom is 0.354 e. The second-order valence-corrected chi connectivity index (χ2v) is 5.73. The number of rotatable bonds is 2. The Bertz CT molecular complexity index is 344. The van der Waals surface area contributed by atoms with Crippen molar-refractivity contribution in [2.45, 2.75) is 30.5 Å². The largest absolute Gasteiger partial charge is 0.477 e. The Balaban J connectivity index is 2.89. The lowest BCUT2D eigenvalue weighted by Crippen LogP contribution is -2.08. The van der Waals surface area contributed by atoms with Gasteiger partial charge in [-0.15, -0.1) is 11.8 Å². The first-order chi connectivity index (χ1) is 6.38. The fraction of sp³-hybridized carbons (Fsp3) is 0.400. The highest BCUT2D eigenvalue weighted by atomic mass is 32.2. The molecule has 0 spiro atoms. The fourth-order valence-electron chi connectivity index (χ4n) is 0.904. The van der Waals surface area contributed by atoms with Crippen LogP contribution in [-0.4, -0.2) is 20.8 Å². The highest BCUT2D eigenvalue weighted by Crippen LogP contribution is 2.30. The van der Waals surface area contributed by atoms with Gasteiger partial charge in [0.25, 0.3) is 0 Å². The number of carboxylic acids is 1. The van der Waals surface area contributed by atoms with Gasteiger partial charge in [0.05, 0.1) is 5.03 Å². The van der Waals surface area contributed by atoms with E-state index in [2.05, 4.69) is 25.8 Å². The van der Waals surface area contributed by atoms with E-state index in [0.29, 0.717) is 0 Å². The van der Waals surface area contributed by atoms with Crippen LogP contribution in [-0.2, 0) is 0 Å². The summed E-state index contributed by atoms with van der Waals surface area (Å²) in [4.78, 5) is 14.7. The molecular formula is C10H13NO2S. The van der Waals surface area contributed by atoms with Gasteiger partial charge >= 0.3 is 5.97 Å². The van der Waals surface area contributed by atoms with Crippen molar-refractivity contribution < 1.29 is 9.90 Å². The predicted molar refractivity (Wildman–Crippen MR) is 56.8 cm³/mol. The van der Waals surface area contributed by atoms with E-state index in [0.717, 1.165) is 5.03 Å². The van der Waals surface area contributed by atoms with Crippen molar-refractivity contribution in [1.82, 2.24) is 4.98 Å². The van der Waals surface area contributed by atoms with Gasteiger partial charge in [-0.2, -0.15) is 0 Å². The van der Waals surface area contributed by atoms with Gasteiger partial charge in [-0.25, -0.2) is 9.78 Å². The summed E-state index contributed by atoms with van der Waals surface area (Å²) in [5.41, 5.74) is 0.0965. The highest BCUT2D eigenvalue weighted by Gasteiger charge is 2.14.